The van der Waals surface area contributed by atoms with E-state index in [0.717, 1.165) is 25.9 Å². The van der Waals surface area contributed by atoms with Gasteiger partial charge in [0.25, 0.3) is 0 Å². The maximum Gasteiger partial charge on any atom is 0.220 e. The van der Waals surface area contributed by atoms with E-state index in [1.807, 2.05) is 0 Å². The number of aliphatic hydroxyl groups is 1. The van der Waals surface area contributed by atoms with Crippen molar-refractivity contribution in [3.63, 3.8) is 0 Å². The lowest BCUT2D eigenvalue weighted by Crippen LogP contribution is -2.33. The highest BCUT2D eigenvalue weighted by molar-refractivity contribution is 5.85. The highest BCUT2D eigenvalue weighted by Gasteiger charge is 2.15. The van der Waals surface area contributed by atoms with Crippen LogP contribution < -0.4 is 10.6 Å². The van der Waals surface area contributed by atoms with Gasteiger partial charge in [0.05, 0.1) is 6.10 Å². The van der Waals surface area contributed by atoms with Crippen LogP contribution in [0.2, 0.25) is 0 Å². The van der Waals surface area contributed by atoms with E-state index in [0.29, 0.717) is 24.8 Å². The van der Waals surface area contributed by atoms with Gasteiger partial charge >= 0.3 is 0 Å². The van der Waals surface area contributed by atoms with E-state index in [4.69, 9.17) is 0 Å². The maximum atomic E-state index is 11.6. The molecule has 0 spiro atoms. The maximum absolute atomic E-state index is 11.6. The summed E-state index contributed by atoms with van der Waals surface area (Å²) in [5.74, 6) is 1.24. The lowest BCUT2D eigenvalue weighted by atomic mass is 9.93. The van der Waals surface area contributed by atoms with Crippen molar-refractivity contribution >= 4 is 18.3 Å². The first kappa shape index (κ1) is 18.7. The molecule has 0 aromatic carbocycles. The van der Waals surface area contributed by atoms with Gasteiger partial charge in [0.15, 0.2) is 0 Å². The molecule has 0 aromatic rings. The minimum absolute atomic E-state index is 0. The number of hydrogen-bond donors (Lipinski definition) is 3. The molecule has 1 fully saturated rings. The normalized spacial score (nSPS) is 17.9. The highest BCUT2D eigenvalue weighted by atomic mass is 35.5. The third-order valence-corrected chi connectivity index (χ3v) is 3.52. The molecule has 0 saturated carbocycles. The monoisotopic (exact) mass is 292 g/mol. The van der Waals surface area contributed by atoms with E-state index >= 15 is 0 Å². The summed E-state index contributed by atoms with van der Waals surface area (Å²) in [6, 6.07) is 0. The molecule has 114 valence electrons. The Morgan fingerprint density at radius 2 is 2.00 bits per heavy atom. The lowest BCUT2D eigenvalue weighted by Gasteiger charge is -2.22. The van der Waals surface area contributed by atoms with Gasteiger partial charge in [-0.2, -0.15) is 0 Å². The summed E-state index contributed by atoms with van der Waals surface area (Å²) in [5, 5.41) is 15.8. The molecule has 1 rings (SSSR count). The molecule has 1 aliphatic rings. The van der Waals surface area contributed by atoms with Crippen molar-refractivity contribution < 1.29 is 9.90 Å². The summed E-state index contributed by atoms with van der Waals surface area (Å²) in [7, 11) is 0. The van der Waals surface area contributed by atoms with Gasteiger partial charge in [0.2, 0.25) is 5.91 Å². The number of carbonyl (C=O) groups is 1. The number of rotatable bonds is 7. The van der Waals surface area contributed by atoms with E-state index in [1.54, 1.807) is 0 Å². The average molecular weight is 293 g/mol. The van der Waals surface area contributed by atoms with Crippen molar-refractivity contribution in [2.45, 2.75) is 52.1 Å². The van der Waals surface area contributed by atoms with Crippen LogP contribution in [-0.4, -0.2) is 36.8 Å². The Morgan fingerprint density at radius 3 is 2.58 bits per heavy atom. The molecule has 0 radical (unpaired) electrons. The zero-order chi connectivity index (χ0) is 13.4. The van der Waals surface area contributed by atoms with Gasteiger partial charge in [-0.15, -0.1) is 12.4 Å². The van der Waals surface area contributed by atoms with Gasteiger partial charge in [-0.05, 0) is 50.6 Å². The fraction of sp³-hybridized carbons (Fsp3) is 0.929. The summed E-state index contributed by atoms with van der Waals surface area (Å²) in [4.78, 5) is 11.6. The quantitative estimate of drug-likeness (QED) is 0.669. The first-order valence-electron chi connectivity index (χ1n) is 7.23. The number of carbonyl (C=O) groups excluding carboxylic acids is 1. The molecule has 4 nitrogen and oxygen atoms in total. The van der Waals surface area contributed by atoms with Crippen molar-refractivity contribution in [1.82, 2.24) is 10.6 Å². The number of hydrogen-bond acceptors (Lipinski definition) is 3. The molecule has 1 atom stereocenters. The van der Waals surface area contributed by atoms with E-state index in [1.165, 1.54) is 12.8 Å². The molecule has 0 bridgehead atoms. The SMILES string of the molecule is CC(C)CC(O)CNC(=O)CCC1CCNCC1.Cl. The summed E-state index contributed by atoms with van der Waals surface area (Å²) < 4.78 is 0. The molecule has 1 aliphatic heterocycles. The first-order chi connectivity index (χ1) is 8.58. The fourth-order valence-corrected chi connectivity index (χ4v) is 2.45. The van der Waals surface area contributed by atoms with Crippen LogP contribution in [0.5, 0.6) is 0 Å². The predicted octanol–water partition coefficient (Wildman–Crippen LogP) is 1.71. The molecule has 1 unspecified atom stereocenters. The minimum Gasteiger partial charge on any atom is -0.391 e. The number of amides is 1. The van der Waals surface area contributed by atoms with Gasteiger partial charge in [-0.25, -0.2) is 0 Å². The van der Waals surface area contributed by atoms with Gasteiger partial charge < -0.3 is 15.7 Å². The smallest absolute Gasteiger partial charge is 0.220 e. The summed E-state index contributed by atoms with van der Waals surface area (Å²) in [6.07, 6.45) is 4.28. The Hall–Kier alpha value is -0.320. The Kier molecular flexibility index (Phi) is 10.3. The molecular formula is C14H29ClN2O2. The predicted molar refractivity (Wildman–Crippen MR) is 80.5 cm³/mol. The molecule has 1 heterocycles. The molecule has 3 N–H and O–H groups in total. The van der Waals surface area contributed by atoms with Crippen LogP contribution >= 0.6 is 12.4 Å². The Bertz CT molecular complexity index is 244. The Morgan fingerprint density at radius 1 is 1.37 bits per heavy atom. The van der Waals surface area contributed by atoms with Crippen LogP contribution in [0.1, 0.15) is 46.0 Å². The van der Waals surface area contributed by atoms with Crippen molar-refractivity contribution in [3.05, 3.63) is 0 Å². The molecule has 1 amide bonds. The molecule has 1 saturated heterocycles. The van der Waals surface area contributed by atoms with E-state index in [2.05, 4.69) is 24.5 Å². The standard InChI is InChI=1S/C14H28N2O2.ClH/c1-11(2)9-13(17)10-16-14(18)4-3-12-5-7-15-8-6-12;/h11-13,15,17H,3-10H2,1-2H3,(H,16,18);1H. The van der Waals surface area contributed by atoms with Crippen molar-refractivity contribution in [2.75, 3.05) is 19.6 Å². The average Bonchev–Trinajstić information content (AvgIpc) is 2.34. The van der Waals surface area contributed by atoms with E-state index in [9.17, 15) is 9.90 Å². The molecular weight excluding hydrogens is 264 g/mol. The first-order valence-corrected chi connectivity index (χ1v) is 7.23. The fourth-order valence-electron chi connectivity index (χ4n) is 2.45. The number of aliphatic hydroxyl groups excluding tert-OH is 1. The van der Waals surface area contributed by atoms with Gasteiger partial charge in [0, 0.05) is 13.0 Å². The summed E-state index contributed by atoms with van der Waals surface area (Å²) >= 11 is 0. The molecule has 0 aromatic heterocycles. The summed E-state index contributed by atoms with van der Waals surface area (Å²) in [6.45, 7) is 6.70. The third-order valence-electron chi connectivity index (χ3n) is 3.52. The van der Waals surface area contributed by atoms with Crippen LogP contribution in [-0.2, 0) is 4.79 Å². The second kappa shape index (κ2) is 10.5. The topological polar surface area (TPSA) is 61.4 Å². The zero-order valence-corrected chi connectivity index (χ0v) is 13.0. The molecule has 19 heavy (non-hydrogen) atoms. The Balaban J connectivity index is 0.00000324. The number of halogens is 1. The van der Waals surface area contributed by atoms with Crippen molar-refractivity contribution in [2.24, 2.45) is 11.8 Å². The van der Waals surface area contributed by atoms with Crippen LogP contribution in [0.25, 0.3) is 0 Å². The van der Waals surface area contributed by atoms with E-state index in [-0.39, 0.29) is 18.3 Å². The van der Waals surface area contributed by atoms with E-state index < -0.39 is 6.10 Å². The molecule has 0 aliphatic carbocycles. The Labute approximate surface area is 123 Å². The molecule has 5 heteroatoms. The van der Waals surface area contributed by atoms with Gasteiger partial charge in [-0.1, -0.05) is 13.8 Å². The van der Waals surface area contributed by atoms with Crippen LogP contribution in [0, 0.1) is 11.8 Å². The second-order valence-corrected chi connectivity index (χ2v) is 5.82. The van der Waals surface area contributed by atoms with Crippen LogP contribution in [0.3, 0.4) is 0 Å². The number of piperidine rings is 1. The van der Waals surface area contributed by atoms with Crippen LogP contribution in [0.4, 0.5) is 0 Å². The summed E-state index contributed by atoms with van der Waals surface area (Å²) in [5.41, 5.74) is 0. The highest BCUT2D eigenvalue weighted by Crippen LogP contribution is 2.17. The minimum atomic E-state index is -0.409. The second-order valence-electron chi connectivity index (χ2n) is 5.82. The van der Waals surface area contributed by atoms with Gasteiger partial charge in [0.1, 0.15) is 0 Å². The largest absolute Gasteiger partial charge is 0.391 e. The third kappa shape index (κ3) is 9.25. The van der Waals surface area contributed by atoms with Crippen molar-refractivity contribution in [1.29, 1.82) is 0 Å². The lowest BCUT2D eigenvalue weighted by molar-refractivity contribution is -0.121. The van der Waals surface area contributed by atoms with Gasteiger partial charge in [-0.3, -0.25) is 4.79 Å². The zero-order valence-electron chi connectivity index (χ0n) is 12.2. The van der Waals surface area contributed by atoms with Crippen LogP contribution in [0.15, 0.2) is 0 Å². The number of nitrogens with one attached hydrogen (secondary N) is 2. The van der Waals surface area contributed by atoms with Crippen molar-refractivity contribution in [3.8, 4) is 0 Å².